The van der Waals surface area contributed by atoms with Gasteiger partial charge in [0.2, 0.25) is 0 Å². The third-order valence-corrected chi connectivity index (χ3v) is 11.1. The lowest BCUT2D eigenvalue weighted by Crippen LogP contribution is -2.30. The predicted molar refractivity (Wildman–Crippen MR) is 201 cm³/mol. The number of aryl methyl sites for hydroxylation is 3. The van der Waals surface area contributed by atoms with E-state index in [0.29, 0.717) is 5.56 Å². The van der Waals surface area contributed by atoms with Crippen LogP contribution in [0, 0.1) is 20.8 Å². The molecule has 49 heavy (non-hydrogen) atoms. The lowest BCUT2D eigenvalue weighted by molar-refractivity contribution is 0.112. The molecule has 0 spiro atoms. The monoisotopic (exact) mass is 628 g/mol. The Hall–Kier alpha value is -5.79. The van der Waals surface area contributed by atoms with Gasteiger partial charge in [-0.05, 0) is 99.7 Å². The maximum atomic E-state index is 11.8. The highest BCUT2D eigenvalue weighted by atomic mass is 16.1. The van der Waals surface area contributed by atoms with E-state index >= 15 is 0 Å². The zero-order valence-corrected chi connectivity index (χ0v) is 28.0. The fourth-order valence-electron chi connectivity index (χ4n) is 8.85. The van der Waals surface area contributed by atoms with Crippen molar-refractivity contribution in [2.75, 3.05) is 0 Å². The first-order valence-corrected chi connectivity index (χ1v) is 17.1. The second kappa shape index (κ2) is 10.9. The fraction of sp³-hybridized carbons (Fsp3) is 0.104. The molecule has 0 bridgehead atoms. The van der Waals surface area contributed by atoms with Crippen LogP contribution in [0.15, 0.2) is 158 Å². The molecule has 0 saturated carbocycles. The van der Waals surface area contributed by atoms with Crippen molar-refractivity contribution in [2.24, 2.45) is 0 Å². The molecule has 0 saturated heterocycles. The minimum atomic E-state index is -0.565. The molecule has 1 nitrogen and oxygen atoms in total. The number of fused-ring (bicyclic) bond motifs is 6. The molecule has 0 fully saturated rings. The van der Waals surface area contributed by atoms with E-state index in [1.807, 2.05) is 12.1 Å². The van der Waals surface area contributed by atoms with E-state index in [-0.39, 0.29) is 0 Å². The number of rotatable bonds is 5. The summed E-state index contributed by atoms with van der Waals surface area (Å²) in [5, 5.41) is 0. The van der Waals surface area contributed by atoms with Crippen molar-refractivity contribution in [3.63, 3.8) is 0 Å². The summed E-state index contributed by atoms with van der Waals surface area (Å²) in [4.78, 5) is 11.8. The maximum absolute atomic E-state index is 11.8. The summed E-state index contributed by atoms with van der Waals surface area (Å²) >= 11 is 0. The minimum Gasteiger partial charge on any atom is -0.298 e. The highest BCUT2D eigenvalue weighted by Crippen LogP contribution is 2.62. The van der Waals surface area contributed by atoms with Crippen molar-refractivity contribution in [3.05, 3.63) is 224 Å². The molecule has 7 aromatic carbocycles. The Balaban J connectivity index is 1.44. The summed E-state index contributed by atoms with van der Waals surface area (Å²) in [5.41, 5.74) is 18.5. The molecule has 0 aromatic heterocycles. The normalized spacial score (nSPS) is 16.4. The van der Waals surface area contributed by atoms with Crippen LogP contribution in [0.3, 0.4) is 0 Å². The second-order valence-electron chi connectivity index (χ2n) is 13.9. The van der Waals surface area contributed by atoms with Gasteiger partial charge in [-0.3, -0.25) is 4.79 Å². The second-order valence-corrected chi connectivity index (χ2v) is 13.9. The molecule has 1 unspecified atom stereocenters. The van der Waals surface area contributed by atoms with Crippen LogP contribution in [-0.2, 0) is 10.8 Å². The predicted octanol–water partition coefficient (Wildman–Crippen LogP) is 11.2. The van der Waals surface area contributed by atoms with Gasteiger partial charge in [-0.15, -0.1) is 0 Å². The molecule has 2 aliphatic rings. The number of hydrogen-bond donors (Lipinski definition) is 0. The van der Waals surface area contributed by atoms with Gasteiger partial charge in [-0.2, -0.15) is 0 Å². The van der Waals surface area contributed by atoms with Crippen LogP contribution in [0.5, 0.6) is 0 Å². The maximum Gasteiger partial charge on any atom is 0.150 e. The van der Waals surface area contributed by atoms with Gasteiger partial charge in [0.15, 0.2) is 0 Å². The number of aldehydes is 1. The van der Waals surface area contributed by atoms with E-state index in [9.17, 15) is 4.79 Å². The van der Waals surface area contributed by atoms with E-state index in [1.54, 1.807) is 0 Å². The van der Waals surface area contributed by atoms with E-state index in [2.05, 4.69) is 166 Å². The Labute approximate surface area is 288 Å². The lowest BCUT2D eigenvalue weighted by Gasteiger charge is -2.35. The van der Waals surface area contributed by atoms with Gasteiger partial charge in [0, 0.05) is 5.56 Å². The number of carbonyl (C=O) groups excluding carboxylic acids is 1. The zero-order valence-electron chi connectivity index (χ0n) is 28.0. The Bertz CT molecular complexity index is 2350. The molecular formula is C48H36O. The largest absolute Gasteiger partial charge is 0.298 e. The van der Waals surface area contributed by atoms with Crippen molar-refractivity contribution >= 4 is 6.29 Å². The third-order valence-electron chi connectivity index (χ3n) is 11.1. The topological polar surface area (TPSA) is 17.1 Å². The van der Waals surface area contributed by atoms with Crippen molar-refractivity contribution < 1.29 is 4.79 Å². The Morgan fingerprint density at radius 1 is 0.367 bits per heavy atom. The molecular weight excluding hydrogens is 593 g/mol. The van der Waals surface area contributed by atoms with E-state index in [0.717, 1.165) is 11.8 Å². The Morgan fingerprint density at radius 2 is 0.694 bits per heavy atom. The first-order valence-electron chi connectivity index (χ1n) is 17.1. The van der Waals surface area contributed by atoms with Gasteiger partial charge >= 0.3 is 0 Å². The summed E-state index contributed by atoms with van der Waals surface area (Å²) in [6, 6.07) is 58.5. The van der Waals surface area contributed by atoms with Gasteiger partial charge in [-0.25, -0.2) is 0 Å². The molecule has 2 aliphatic carbocycles. The summed E-state index contributed by atoms with van der Waals surface area (Å²) in [5.74, 6) is 0. The van der Waals surface area contributed by atoms with Gasteiger partial charge in [0.25, 0.3) is 0 Å². The summed E-state index contributed by atoms with van der Waals surface area (Å²) < 4.78 is 0. The quantitative estimate of drug-likeness (QED) is 0.173. The van der Waals surface area contributed by atoms with Crippen LogP contribution in [0.4, 0.5) is 0 Å². The van der Waals surface area contributed by atoms with Crippen LogP contribution >= 0.6 is 0 Å². The SMILES string of the molecule is Cc1ccc(C2(c3ccc(C)cc3)c3ccccc3-c3cc4c(cc32)-c2ccccc2C4(c2ccc(C)cc2)c2ccc(C=O)cc2)cc1. The van der Waals surface area contributed by atoms with Gasteiger partial charge < -0.3 is 0 Å². The molecule has 0 radical (unpaired) electrons. The summed E-state index contributed by atoms with van der Waals surface area (Å²) in [6.07, 6.45) is 0.929. The molecule has 234 valence electrons. The number of carbonyl (C=O) groups is 1. The van der Waals surface area contributed by atoms with Crippen LogP contribution in [0.2, 0.25) is 0 Å². The first kappa shape index (κ1) is 29.4. The molecule has 1 atom stereocenters. The standard InChI is InChI=1S/C48H36O/c1-31-12-20-35(21-13-31)47(36-22-14-32(2)15-23-36)43-10-6-4-8-39(43)41-29-46-42(28-45(41)47)40-9-5-7-11-44(40)48(46,37-24-16-33(3)17-25-37)38-26-18-34(30-49)19-27-38/h4-30H,1-3H3. The van der Waals surface area contributed by atoms with Gasteiger partial charge in [-0.1, -0.05) is 162 Å². The van der Waals surface area contributed by atoms with Crippen molar-refractivity contribution in [1.29, 1.82) is 0 Å². The summed E-state index contributed by atoms with van der Waals surface area (Å²) in [6.45, 7) is 6.47. The number of benzene rings is 7. The van der Waals surface area contributed by atoms with Crippen molar-refractivity contribution in [1.82, 2.24) is 0 Å². The van der Waals surface area contributed by atoms with E-state index in [4.69, 9.17) is 0 Å². The molecule has 1 heteroatoms. The average molecular weight is 629 g/mol. The van der Waals surface area contributed by atoms with Gasteiger partial charge in [0.05, 0.1) is 10.8 Å². The van der Waals surface area contributed by atoms with Crippen LogP contribution < -0.4 is 0 Å². The fourth-order valence-corrected chi connectivity index (χ4v) is 8.85. The molecule has 0 aliphatic heterocycles. The van der Waals surface area contributed by atoms with Crippen LogP contribution in [-0.4, -0.2) is 6.29 Å². The summed E-state index contributed by atoms with van der Waals surface area (Å²) in [7, 11) is 0. The smallest absolute Gasteiger partial charge is 0.150 e. The molecule has 0 heterocycles. The molecule has 7 aromatic rings. The average Bonchev–Trinajstić information content (AvgIpc) is 3.60. The number of hydrogen-bond acceptors (Lipinski definition) is 1. The van der Waals surface area contributed by atoms with Crippen LogP contribution in [0.25, 0.3) is 22.3 Å². The Kier molecular flexibility index (Phi) is 6.51. The molecule has 0 N–H and O–H groups in total. The highest BCUT2D eigenvalue weighted by Gasteiger charge is 2.51. The molecule has 9 rings (SSSR count). The van der Waals surface area contributed by atoms with Gasteiger partial charge in [0.1, 0.15) is 6.29 Å². The van der Waals surface area contributed by atoms with E-state index in [1.165, 1.54) is 77.9 Å². The third kappa shape index (κ3) is 4.03. The van der Waals surface area contributed by atoms with Crippen LogP contribution in [0.1, 0.15) is 71.6 Å². The first-order chi connectivity index (χ1) is 24.0. The minimum absolute atomic E-state index is 0.488. The van der Waals surface area contributed by atoms with Crippen molar-refractivity contribution in [3.8, 4) is 22.3 Å². The van der Waals surface area contributed by atoms with Crippen molar-refractivity contribution in [2.45, 2.75) is 31.6 Å². The lowest BCUT2D eigenvalue weighted by atomic mass is 9.65. The highest BCUT2D eigenvalue weighted by molar-refractivity contribution is 5.94. The van der Waals surface area contributed by atoms with E-state index < -0.39 is 10.8 Å². The Morgan fingerprint density at radius 3 is 1.04 bits per heavy atom. The molecule has 0 amide bonds. The zero-order chi connectivity index (χ0) is 33.3.